The lowest BCUT2D eigenvalue weighted by Gasteiger charge is -2.44. The Morgan fingerprint density at radius 2 is 2.00 bits per heavy atom. The molecule has 1 aliphatic carbocycles. The summed E-state index contributed by atoms with van der Waals surface area (Å²) in [7, 11) is 2.06. The van der Waals surface area contributed by atoms with Crippen LogP contribution in [0.3, 0.4) is 0 Å². The molecule has 1 saturated heterocycles. The summed E-state index contributed by atoms with van der Waals surface area (Å²) in [5, 5.41) is 13.3. The van der Waals surface area contributed by atoms with Crippen LogP contribution >= 0.6 is 0 Å². The topological polar surface area (TPSA) is 44.7 Å². The van der Waals surface area contributed by atoms with Crippen LogP contribution in [0.5, 0.6) is 11.5 Å². The van der Waals surface area contributed by atoms with Gasteiger partial charge in [0.2, 0.25) is 0 Å². The Morgan fingerprint density at radius 3 is 2.85 bits per heavy atom. The van der Waals surface area contributed by atoms with Gasteiger partial charge in [-0.2, -0.15) is 0 Å². The molecule has 26 heavy (non-hydrogen) atoms. The molecule has 3 atom stereocenters. The van der Waals surface area contributed by atoms with E-state index in [0.29, 0.717) is 12.1 Å². The van der Waals surface area contributed by atoms with E-state index >= 15 is 0 Å². The van der Waals surface area contributed by atoms with Crippen molar-refractivity contribution < 1.29 is 9.84 Å². The lowest BCUT2D eigenvalue weighted by atomic mass is 9.84. The molecule has 1 unspecified atom stereocenters. The third-order valence-corrected chi connectivity index (χ3v) is 5.83. The molecule has 1 fully saturated rings. The number of aromatic hydroxyl groups is 1. The van der Waals surface area contributed by atoms with Crippen molar-refractivity contribution in [3.05, 3.63) is 59.7 Å². The summed E-state index contributed by atoms with van der Waals surface area (Å²) in [6, 6.07) is 16.7. The van der Waals surface area contributed by atoms with Crippen molar-refractivity contribution in [1.29, 1.82) is 0 Å². The van der Waals surface area contributed by atoms with Gasteiger partial charge >= 0.3 is 0 Å². The molecule has 0 aromatic heterocycles. The number of phenols is 1. The highest BCUT2D eigenvalue weighted by molar-refractivity contribution is 5.36. The zero-order valence-electron chi connectivity index (χ0n) is 15.4. The van der Waals surface area contributed by atoms with Crippen molar-refractivity contribution in [3.8, 4) is 11.5 Å². The largest absolute Gasteiger partial charge is 0.508 e. The lowest BCUT2D eigenvalue weighted by Crippen LogP contribution is -2.52. The molecule has 4 rings (SSSR count). The summed E-state index contributed by atoms with van der Waals surface area (Å²) in [5.74, 6) is 0.982. The van der Waals surface area contributed by atoms with E-state index < -0.39 is 0 Å². The van der Waals surface area contributed by atoms with Crippen LogP contribution in [0.15, 0.2) is 48.5 Å². The van der Waals surface area contributed by atoms with Crippen LogP contribution in [0.1, 0.15) is 36.5 Å². The van der Waals surface area contributed by atoms with Crippen LogP contribution in [0, 0.1) is 0 Å². The Bertz CT molecular complexity index is 748. The molecule has 0 bridgehead atoms. The highest BCUT2D eigenvalue weighted by Gasteiger charge is 2.37. The first kappa shape index (κ1) is 17.4. The number of phenolic OH excluding ortho intramolecular Hbond substituents is 1. The number of fused-ring (bicyclic) bond motifs is 1. The maximum absolute atomic E-state index is 9.82. The molecule has 2 aromatic carbocycles. The van der Waals surface area contributed by atoms with Gasteiger partial charge in [0.15, 0.2) is 0 Å². The lowest BCUT2D eigenvalue weighted by molar-refractivity contribution is 0.0336. The Labute approximate surface area is 155 Å². The summed E-state index contributed by atoms with van der Waals surface area (Å²) in [5.41, 5.74) is 2.68. The molecule has 4 heteroatoms. The van der Waals surface area contributed by atoms with Crippen molar-refractivity contribution >= 4 is 0 Å². The summed E-state index contributed by atoms with van der Waals surface area (Å²) in [6.07, 6.45) is 4.67. The number of aryl methyl sites for hydroxylation is 1. The van der Waals surface area contributed by atoms with Gasteiger partial charge in [-0.3, -0.25) is 4.90 Å². The van der Waals surface area contributed by atoms with Gasteiger partial charge in [-0.05, 0) is 62.5 Å². The summed E-state index contributed by atoms with van der Waals surface area (Å²) < 4.78 is 6.48. The van der Waals surface area contributed by atoms with E-state index in [-0.39, 0.29) is 11.9 Å². The molecule has 4 nitrogen and oxygen atoms in total. The fourth-order valence-electron chi connectivity index (χ4n) is 4.46. The molecule has 1 aliphatic heterocycles. The van der Waals surface area contributed by atoms with Crippen molar-refractivity contribution in [2.75, 3.05) is 20.1 Å². The average Bonchev–Trinajstić information content (AvgIpc) is 2.68. The molecule has 138 valence electrons. The first-order chi connectivity index (χ1) is 12.7. The van der Waals surface area contributed by atoms with Crippen molar-refractivity contribution in [3.63, 3.8) is 0 Å². The fraction of sp³-hybridized carbons (Fsp3) is 0.455. The van der Waals surface area contributed by atoms with Crippen LogP contribution < -0.4 is 10.1 Å². The highest BCUT2D eigenvalue weighted by atomic mass is 16.5. The van der Waals surface area contributed by atoms with Crippen LogP contribution in [0.4, 0.5) is 0 Å². The van der Waals surface area contributed by atoms with Crippen molar-refractivity contribution in [2.24, 2.45) is 0 Å². The number of likely N-dealkylation sites (tertiary alicyclic amines) is 1. The van der Waals surface area contributed by atoms with E-state index in [2.05, 4.69) is 41.5 Å². The standard InChI is InChI=1S/C22H28N2O2/c1-23-17-7-5-13-24(15-17)21-12-11-16-6-2-3-10-20(16)22(21)26-19-9-4-8-18(25)14-19/h2-4,6,8-10,14,17,21-23,25H,5,7,11-13,15H2,1H3/t17?,21-,22-/m0/s1. The smallest absolute Gasteiger partial charge is 0.139 e. The molecule has 2 aromatic rings. The molecule has 0 spiro atoms. The summed E-state index contributed by atoms with van der Waals surface area (Å²) in [4.78, 5) is 2.61. The van der Waals surface area contributed by atoms with Gasteiger partial charge in [-0.15, -0.1) is 0 Å². The zero-order valence-corrected chi connectivity index (χ0v) is 15.4. The van der Waals surface area contributed by atoms with E-state index in [1.807, 2.05) is 12.1 Å². The van der Waals surface area contributed by atoms with Crippen LogP contribution in [-0.2, 0) is 6.42 Å². The fourth-order valence-corrected chi connectivity index (χ4v) is 4.46. The van der Waals surface area contributed by atoms with Crippen molar-refractivity contribution in [2.45, 2.75) is 43.9 Å². The second-order valence-electron chi connectivity index (χ2n) is 7.46. The third-order valence-electron chi connectivity index (χ3n) is 5.83. The van der Waals surface area contributed by atoms with Gasteiger partial charge in [0.05, 0.1) is 6.04 Å². The van der Waals surface area contributed by atoms with E-state index in [1.54, 1.807) is 12.1 Å². The van der Waals surface area contributed by atoms with Gasteiger partial charge < -0.3 is 15.2 Å². The summed E-state index contributed by atoms with van der Waals surface area (Å²) in [6.45, 7) is 2.20. The van der Waals surface area contributed by atoms with E-state index in [0.717, 1.165) is 31.7 Å². The van der Waals surface area contributed by atoms with E-state index in [4.69, 9.17) is 4.74 Å². The minimum absolute atomic E-state index is 0.00245. The minimum atomic E-state index is -0.00245. The number of likely N-dealkylation sites (N-methyl/N-ethyl adjacent to an activating group) is 1. The van der Waals surface area contributed by atoms with Gasteiger partial charge in [-0.1, -0.05) is 30.3 Å². The van der Waals surface area contributed by atoms with E-state index in [1.165, 1.54) is 24.0 Å². The molecule has 2 aliphatic rings. The quantitative estimate of drug-likeness (QED) is 0.884. The second-order valence-corrected chi connectivity index (χ2v) is 7.46. The zero-order chi connectivity index (χ0) is 17.9. The van der Waals surface area contributed by atoms with E-state index in [9.17, 15) is 5.11 Å². The third kappa shape index (κ3) is 3.57. The van der Waals surface area contributed by atoms with Gasteiger partial charge in [0.25, 0.3) is 0 Å². The van der Waals surface area contributed by atoms with Gasteiger partial charge in [0.1, 0.15) is 17.6 Å². The number of hydrogen-bond acceptors (Lipinski definition) is 4. The number of nitrogens with one attached hydrogen (secondary N) is 1. The molecule has 0 amide bonds. The maximum Gasteiger partial charge on any atom is 0.139 e. The predicted molar refractivity (Wildman–Crippen MR) is 104 cm³/mol. The minimum Gasteiger partial charge on any atom is -0.508 e. The van der Waals surface area contributed by atoms with Crippen LogP contribution in [0.2, 0.25) is 0 Å². The Morgan fingerprint density at radius 1 is 1.12 bits per heavy atom. The number of rotatable bonds is 4. The Hall–Kier alpha value is -2.04. The highest BCUT2D eigenvalue weighted by Crippen LogP contribution is 2.38. The Kier molecular flexibility index (Phi) is 5.14. The number of ether oxygens (including phenoxy) is 1. The second kappa shape index (κ2) is 7.68. The SMILES string of the molecule is CNC1CCCN([C@H]2CCc3ccccc3[C@@H]2Oc2cccc(O)c2)C1. The predicted octanol–water partition coefficient (Wildman–Crippen LogP) is 3.51. The van der Waals surface area contributed by atoms with Crippen LogP contribution in [-0.4, -0.2) is 42.2 Å². The average molecular weight is 352 g/mol. The first-order valence-electron chi connectivity index (χ1n) is 9.69. The molecule has 0 radical (unpaired) electrons. The number of nitrogens with zero attached hydrogens (tertiary/aromatic N) is 1. The normalized spacial score (nSPS) is 26.3. The van der Waals surface area contributed by atoms with Crippen LogP contribution in [0.25, 0.3) is 0 Å². The van der Waals surface area contributed by atoms with Gasteiger partial charge in [0, 0.05) is 18.7 Å². The molecule has 1 heterocycles. The molecular formula is C22H28N2O2. The molecular weight excluding hydrogens is 324 g/mol. The van der Waals surface area contributed by atoms with Gasteiger partial charge in [-0.25, -0.2) is 0 Å². The Balaban J connectivity index is 1.64. The monoisotopic (exact) mass is 352 g/mol. The molecule has 0 saturated carbocycles. The number of benzene rings is 2. The summed E-state index contributed by atoms with van der Waals surface area (Å²) >= 11 is 0. The first-order valence-corrected chi connectivity index (χ1v) is 9.69. The van der Waals surface area contributed by atoms with Crippen molar-refractivity contribution in [1.82, 2.24) is 10.2 Å². The maximum atomic E-state index is 9.82. The molecule has 2 N–H and O–H groups in total. The number of hydrogen-bond donors (Lipinski definition) is 2. The number of piperidine rings is 1.